The van der Waals surface area contributed by atoms with Gasteiger partial charge in [0.25, 0.3) is 0 Å². The zero-order valence-corrected chi connectivity index (χ0v) is 15.4. The highest BCUT2D eigenvalue weighted by atomic mass is 35.5. The molecule has 1 N–H and O–H groups in total. The van der Waals surface area contributed by atoms with Gasteiger partial charge in [0.05, 0.1) is 21.5 Å². The predicted molar refractivity (Wildman–Crippen MR) is 99.7 cm³/mol. The van der Waals surface area contributed by atoms with E-state index in [-0.39, 0.29) is 11.7 Å². The van der Waals surface area contributed by atoms with E-state index >= 15 is 0 Å². The van der Waals surface area contributed by atoms with Gasteiger partial charge < -0.3 is 5.32 Å². The van der Waals surface area contributed by atoms with Crippen LogP contribution in [0.25, 0.3) is 5.69 Å². The molecule has 0 bridgehead atoms. The van der Waals surface area contributed by atoms with Gasteiger partial charge in [-0.1, -0.05) is 52.7 Å². The number of thioether (sulfide) groups is 1. The maximum absolute atomic E-state index is 12.1. The number of carbonyl (C=O) groups is 1. The van der Waals surface area contributed by atoms with Crippen molar-refractivity contribution in [1.29, 1.82) is 0 Å². The molecule has 0 saturated carbocycles. The molecule has 1 amide bonds. The number of nitrogens with one attached hydrogen (secondary N) is 1. The van der Waals surface area contributed by atoms with Crippen molar-refractivity contribution in [2.24, 2.45) is 0 Å². The van der Waals surface area contributed by atoms with Crippen LogP contribution in [0.4, 0.5) is 5.69 Å². The van der Waals surface area contributed by atoms with Crippen molar-refractivity contribution in [3.05, 3.63) is 58.1 Å². The minimum absolute atomic E-state index is 0.159. The normalized spacial score (nSPS) is 10.7. The van der Waals surface area contributed by atoms with Crippen molar-refractivity contribution in [3.8, 4) is 5.69 Å². The fraction of sp³-hybridized carbons (Fsp3) is 0.125. The molecule has 2 aromatic carbocycles. The van der Waals surface area contributed by atoms with Gasteiger partial charge >= 0.3 is 0 Å². The van der Waals surface area contributed by atoms with E-state index < -0.39 is 0 Å². The third-order valence-electron chi connectivity index (χ3n) is 3.26. The highest BCUT2D eigenvalue weighted by Gasteiger charge is 2.12. The van der Waals surface area contributed by atoms with Crippen molar-refractivity contribution in [1.82, 2.24) is 20.2 Å². The Bertz CT molecular complexity index is 898. The highest BCUT2D eigenvalue weighted by Crippen LogP contribution is 2.25. The molecule has 0 aliphatic rings. The molecule has 1 heterocycles. The average molecular weight is 394 g/mol. The Labute approximate surface area is 158 Å². The lowest BCUT2D eigenvalue weighted by Crippen LogP contribution is -2.14. The summed E-state index contributed by atoms with van der Waals surface area (Å²) in [5.41, 5.74) is 2.56. The number of tetrazole rings is 1. The molecular formula is C16H13Cl2N5OS. The lowest BCUT2D eigenvalue weighted by Gasteiger charge is -2.07. The van der Waals surface area contributed by atoms with Crippen LogP contribution >= 0.6 is 35.0 Å². The maximum Gasteiger partial charge on any atom is 0.234 e. The van der Waals surface area contributed by atoms with Gasteiger partial charge in [0.2, 0.25) is 11.1 Å². The van der Waals surface area contributed by atoms with Gasteiger partial charge in [-0.25, -0.2) is 0 Å². The molecule has 25 heavy (non-hydrogen) atoms. The summed E-state index contributed by atoms with van der Waals surface area (Å²) in [5.74, 6) is -0.0335. The maximum atomic E-state index is 12.1. The number of anilines is 1. The lowest BCUT2D eigenvalue weighted by molar-refractivity contribution is -0.113. The smallest absolute Gasteiger partial charge is 0.234 e. The van der Waals surface area contributed by atoms with Crippen molar-refractivity contribution in [3.63, 3.8) is 0 Å². The molecule has 1 aromatic heterocycles. The monoisotopic (exact) mass is 393 g/mol. The molecule has 0 unspecified atom stereocenters. The van der Waals surface area contributed by atoms with E-state index in [0.717, 1.165) is 11.3 Å². The molecule has 3 aromatic rings. The van der Waals surface area contributed by atoms with Gasteiger partial charge in [-0.05, 0) is 47.7 Å². The Morgan fingerprint density at radius 1 is 1.16 bits per heavy atom. The van der Waals surface area contributed by atoms with E-state index in [9.17, 15) is 4.79 Å². The second kappa shape index (κ2) is 7.86. The number of nitrogens with zero attached hydrogens (tertiary/aromatic N) is 4. The Morgan fingerprint density at radius 3 is 2.64 bits per heavy atom. The number of amides is 1. The molecule has 6 nitrogen and oxygen atoms in total. The van der Waals surface area contributed by atoms with Gasteiger partial charge in [0.15, 0.2) is 0 Å². The molecule has 0 aliphatic heterocycles. The van der Waals surface area contributed by atoms with Gasteiger partial charge in [-0.2, -0.15) is 4.68 Å². The van der Waals surface area contributed by atoms with Crippen LogP contribution in [0.5, 0.6) is 0 Å². The first-order valence-corrected chi connectivity index (χ1v) is 9.00. The summed E-state index contributed by atoms with van der Waals surface area (Å²) in [7, 11) is 0. The first-order valence-electron chi connectivity index (χ1n) is 7.26. The van der Waals surface area contributed by atoms with Crippen molar-refractivity contribution in [2.75, 3.05) is 11.1 Å². The predicted octanol–water partition coefficient (Wildman–Crippen LogP) is 4.01. The van der Waals surface area contributed by atoms with Crippen LogP contribution in [-0.4, -0.2) is 31.9 Å². The van der Waals surface area contributed by atoms with E-state index in [0.29, 0.717) is 20.9 Å². The minimum atomic E-state index is -0.193. The zero-order valence-electron chi connectivity index (χ0n) is 13.1. The lowest BCUT2D eigenvalue weighted by atomic mass is 10.2. The number of hydrogen-bond donors (Lipinski definition) is 1. The summed E-state index contributed by atoms with van der Waals surface area (Å²) in [6, 6.07) is 12.7. The van der Waals surface area contributed by atoms with Crippen LogP contribution in [-0.2, 0) is 4.79 Å². The zero-order chi connectivity index (χ0) is 17.8. The van der Waals surface area contributed by atoms with Crippen molar-refractivity contribution in [2.45, 2.75) is 12.1 Å². The van der Waals surface area contributed by atoms with Gasteiger partial charge in [0.1, 0.15) is 0 Å². The molecule has 0 fully saturated rings. The minimum Gasteiger partial charge on any atom is -0.325 e. The number of hydrogen-bond acceptors (Lipinski definition) is 5. The summed E-state index contributed by atoms with van der Waals surface area (Å²) >= 11 is 13.0. The Hall–Kier alpha value is -2.09. The summed E-state index contributed by atoms with van der Waals surface area (Å²) < 4.78 is 1.59. The molecule has 0 atom stereocenters. The number of carbonyl (C=O) groups excluding carboxylic acids is 1. The molecule has 128 valence electrons. The number of halogens is 2. The second-order valence-electron chi connectivity index (χ2n) is 5.17. The fourth-order valence-electron chi connectivity index (χ4n) is 2.02. The summed E-state index contributed by atoms with van der Waals surface area (Å²) in [4.78, 5) is 12.1. The standard InChI is InChI=1S/C16H13Cl2N5OS/c1-10-2-5-12(6-3-10)23-16(20-21-22-23)25-9-15(24)19-11-4-7-13(17)14(18)8-11/h2-8H,9H2,1H3,(H,19,24). The van der Waals surface area contributed by atoms with Gasteiger partial charge in [-0.3, -0.25) is 4.79 Å². The molecule has 0 saturated heterocycles. The molecule has 3 rings (SSSR count). The first-order chi connectivity index (χ1) is 12.0. The molecule has 0 radical (unpaired) electrons. The third kappa shape index (κ3) is 4.50. The average Bonchev–Trinajstić information content (AvgIpc) is 3.06. The topological polar surface area (TPSA) is 72.7 Å². The van der Waals surface area contributed by atoms with Crippen LogP contribution in [0, 0.1) is 6.92 Å². The Kier molecular flexibility index (Phi) is 5.57. The van der Waals surface area contributed by atoms with Crippen molar-refractivity contribution >= 4 is 46.6 Å². The number of rotatable bonds is 5. The number of aryl methyl sites for hydroxylation is 1. The van der Waals surface area contributed by atoms with Crippen LogP contribution in [0.1, 0.15) is 5.56 Å². The van der Waals surface area contributed by atoms with E-state index in [1.807, 2.05) is 31.2 Å². The quantitative estimate of drug-likeness (QED) is 0.662. The third-order valence-corrected chi connectivity index (χ3v) is 4.91. The Morgan fingerprint density at radius 2 is 1.92 bits per heavy atom. The largest absolute Gasteiger partial charge is 0.325 e. The molecular weight excluding hydrogens is 381 g/mol. The fourth-order valence-corrected chi connectivity index (χ4v) is 3.01. The van der Waals surface area contributed by atoms with E-state index in [1.165, 1.54) is 11.8 Å². The van der Waals surface area contributed by atoms with E-state index in [4.69, 9.17) is 23.2 Å². The van der Waals surface area contributed by atoms with Gasteiger partial charge in [0, 0.05) is 5.69 Å². The highest BCUT2D eigenvalue weighted by molar-refractivity contribution is 7.99. The second-order valence-corrected chi connectivity index (χ2v) is 6.93. The van der Waals surface area contributed by atoms with Crippen molar-refractivity contribution < 1.29 is 4.79 Å². The van der Waals surface area contributed by atoms with E-state index in [2.05, 4.69) is 20.8 Å². The SMILES string of the molecule is Cc1ccc(-n2nnnc2SCC(=O)Nc2ccc(Cl)c(Cl)c2)cc1. The molecule has 0 aliphatic carbocycles. The number of aromatic nitrogens is 4. The van der Waals surface area contributed by atoms with Gasteiger partial charge in [-0.15, -0.1) is 5.10 Å². The Balaban J connectivity index is 1.64. The van der Waals surface area contributed by atoms with Crippen LogP contribution in [0.2, 0.25) is 10.0 Å². The summed E-state index contributed by atoms with van der Waals surface area (Å²) in [5, 5.41) is 15.7. The van der Waals surface area contributed by atoms with E-state index in [1.54, 1.807) is 22.9 Å². The summed E-state index contributed by atoms with van der Waals surface area (Å²) in [6.45, 7) is 2.01. The van der Waals surface area contributed by atoms with Crippen LogP contribution in [0.3, 0.4) is 0 Å². The number of benzene rings is 2. The molecule has 0 spiro atoms. The molecule has 9 heteroatoms. The summed E-state index contributed by atoms with van der Waals surface area (Å²) in [6.07, 6.45) is 0. The first kappa shape index (κ1) is 17.7. The van der Waals surface area contributed by atoms with Crippen LogP contribution < -0.4 is 5.32 Å². The van der Waals surface area contributed by atoms with Crippen LogP contribution in [0.15, 0.2) is 47.6 Å².